The van der Waals surface area contributed by atoms with E-state index >= 15 is 0 Å². The maximum atomic E-state index is 9.52. The Labute approximate surface area is 467 Å². The third kappa shape index (κ3) is 5.79. The van der Waals surface area contributed by atoms with Crippen molar-refractivity contribution in [3.63, 3.8) is 0 Å². The van der Waals surface area contributed by atoms with Gasteiger partial charge in [0.25, 0.3) is 6.71 Å². The molecule has 17 rings (SSSR count). The molecule has 2 aliphatic rings. The molecule has 78 heavy (non-hydrogen) atoms. The molecule has 0 radical (unpaired) electrons. The number of nitrogens with zero attached hydrogens (tertiary/aromatic N) is 3. The molecule has 4 aromatic heterocycles. The van der Waals surface area contributed by atoms with E-state index in [1.807, 2.05) is 24.3 Å². The van der Waals surface area contributed by atoms with Gasteiger partial charge >= 0.3 is 0 Å². The number of aromatic nitrogens is 3. The van der Waals surface area contributed by atoms with Crippen LogP contribution < -0.4 is 16.4 Å². The summed E-state index contributed by atoms with van der Waals surface area (Å²) in [5, 5.41) is 12.4. The number of rotatable bonds is 2. The van der Waals surface area contributed by atoms with Gasteiger partial charge in [-0.1, -0.05) is 211 Å². The van der Waals surface area contributed by atoms with Crippen LogP contribution in [0.3, 0.4) is 0 Å². The molecule has 2 aliphatic heterocycles. The van der Waals surface area contributed by atoms with Crippen molar-refractivity contribution >= 4 is 126 Å². The Morgan fingerprint density at radius 3 is 1.59 bits per heavy atom. The zero-order chi connectivity index (χ0) is 60.8. The van der Waals surface area contributed by atoms with E-state index in [2.05, 4.69) is 189 Å². The van der Waals surface area contributed by atoms with E-state index in [-0.39, 0.29) is 46.1 Å². The van der Waals surface area contributed by atoms with E-state index < -0.39 is 43.0 Å². The van der Waals surface area contributed by atoms with Crippen LogP contribution in [0, 0.1) is 0 Å². The van der Waals surface area contributed by atoms with Crippen LogP contribution in [-0.2, 0) is 10.8 Å². The summed E-state index contributed by atoms with van der Waals surface area (Å²) in [5.74, 6) is 0. The van der Waals surface area contributed by atoms with E-state index in [9.17, 15) is 5.48 Å². The van der Waals surface area contributed by atoms with Gasteiger partial charge in [0.05, 0.1) is 47.0 Å². The fraction of sp³-hybridized carbons (Fsp3) is 0.108. The standard InChI is InChI=1S/C74H54BN3/c1-73(2,3)47-33-35-63-57(39-47)59-40-48(74(4,5)6)41-61-70(59)77(63)66-42-65-67(55-30-19-29-54-52-27-16-14-25-50(52)49-24-13-15-26-51(49)53-28-17-18-31-62(53)76(65)69(54)55)72-68(66)75(61)60-38-46(44-22-11-8-12-23-44)37-58-56-36-45(43-20-9-7-10-21-43)32-34-64(56)78(72)71(58)60/h7-42H,1-6H3/i7D,8D,9D,10D,11D,12D,20D,21D,22D,23D. The van der Waals surface area contributed by atoms with E-state index in [0.29, 0.717) is 21.9 Å². The Morgan fingerprint density at radius 2 is 0.885 bits per heavy atom. The van der Waals surface area contributed by atoms with E-state index in [1.54, 1.807) is 0 Å². The third-order valence-electron chi connectivity index (χ3n) is 17.4. The largest absolute Gasteiger partial charge is 0.310 e. The second-order valence-electron chi connectivity index (χ2n) is 23.7. The van der Waals surface area contributed by atoms with Gasteiger partial charge in [0.1, 0.15) is 0 Å². The Hall–Kier alpha value is -9.12. The van der Waals surface area contributed by atoms with Gasteiger partial charge in [-0.15, -0.1) is 0 Å². The van der Waals surface area contributed by atoms with E-state index in [0.717, 1.165) is 126 Å². The average molecular weight is 1010 g/mol. The first-order valence-corrected chi connectivity index (χ1v) is 27.0. The molecule has 0 saturated heterocycles. The molecule has 3 nitrogen and oxygen atoms in total. The van der Waals surface area contributed by atoms with Gasteiger partial charge in [0.2, 0.25) is 0 Å². The van der Waals surface area contributed by atoms with E-state index in [1.165, 1.54) is 5.56 Å². The summed E-state index contributed by atoms with van der Waals surface area (Å²) in [7, 11) is 0. The highest BCUT2D eigenvalue weighted by molar-refractivity contribution is 7.00. The molecule has 0 unspecified atom stereocenters. The van der Waals surface area contributed by atoms with Gasteiger partial charge in [-0.25, -0.2) is 0 Å². The van der Waals surface area contributed by atoms with Crippen LogP contribution in [0.25, 0.3) is 137 Å². The Morgan fingerprint density at radius 1 is 0.359 bits per heavy atom. The lowest BCUT2D eigenvalue weighted by Crippen LogP contribution is -2.59. The molecule has 0 aliphatic carbocycles. The van der Waals surface area contributed by atoms with Crippen molar-refractivity contribution in [1.82, 2.24) is 13.5 Å². The molecule has 0 fully saturated rings. The van der Waals surface area contributed by atoms with Crippen molar-refractivity contribution < 1.29 is 13.7 Å². The van der Waals surface area contributed by atoms with Gasteiger partial charge < -0.3 is 13.5 Å². The molecule has 368 valence electrons. The summed E-state index contributed by atoms with van der Waals surface area (Å²) in [6, 6.07) is 52.7. The predicted molar refractivity (Wildman–Crippen MR) is 335 cm³/mol. The van der Waals surface area contributed by atoms with Crippen LogP contribution in [0.1, 0.15) is 66.4 Å². The molecule has 4 heteroatoms. The first-order valence-electron chi connectivity index (χ1n) is 32.0. The molecule has 0 bridgehead atoms. The SMILES string of the molecule is [2H]c1c([2H])c([2H])c(-c2ccc3c(c2)c2cc(-c4c([2H])c([2H])c([2H])c([2H])c4[2H])cc4c2n3-c2c3c(cc5c2c2cccc6c7ccccc7c7ccccc7c7ccccc7n5c62)-n2c5ccc(C(C)(C)C)cc5c5cc(C(C)(C)C)cc(c52)B34)c([2H])c1[2H]. The number of hydrogen-bond acceptors (Lipinski definition) is 0. The monoisotopic (exact) mass is 1010 g/mol. The van der Waals surface area contributed by atoms with Crippen molar-refractivity contribution in [2.75, 3.05) is 0 Å². The van der Waals surface area contributed by atoms with Crippen LogP contribution in [0.15, 0.2) is 218 Å². The first-order chi connectivity index (χ1) is 42.1. The van der Waals surface area contributed by atoms with Crippen LogP contribution >= 0.6 is 0 Å². The minimum absolute atomic E-state index is 0.0614. The van der Waals surface area contributed by atoms with Crippen LogP contribution in [-0.4, -0.2) is 20.2 Å². The Kier molecular flexibility index (Phi) is 6.92. The summed E-state index contributed by atoms with van der Waals surface area (Å²) in [6.07, 6.45) is 0. The first kappa shape index (κ1) is 35.3. The lowest BCUT2D eigenvalue weighted by molar-refractivity contribution is 0.590. The molecule has 0 N–H and O–H groups in total. The quantitative estimate of drug-likeness (QED) is 0.153. The molecular formula is C74H54BN3. The summed E-state index contributed by atoms with van der Waals surface area (Å²) >= 11 is 0. The maximum Gasteiger partial charge on any atom is 0.252 e. The molecule has 15 aromatic rings. The molecule has 0 saturated carbocycles. The zero-order valence-corrected chi connectivity index (χ0v) is 43.9. The summed E-state index contributed by atoms with van der Waals surface area (Å²) < 4.78 is 97.7. The topological polar surface area (TPSA) is 14.3 Å². The minimum atomic E-state index is -0.497. The van der Waals surface area contributed by atoms with Gasteiger partial charge in [-0.3, -0.25) is 0 Å². The molecule has 6 heterocycles. The maximum absolute atomic E-state index is 9.52. The van der Waals surface area contributed by atoms with E-state index in [4.69, 9.17) is 8.22 Å². The van der Waals surface area contributed by atoms with Crippen LogP contribution in [0.5, 0.6) is 0 Å². The van der Waals surface area contributed by atoms with Gasteiger partial charge in [0.15, 0.2) is 0 Å². The highest BCUT2D eigenvalue weighted by Crippen LogP contribution is 2.48. The molecule has 0 atom stereocenters. The highest BCUT2D eigenvalue weighted by Gasteiger charge is 2.44. The lowest BCUT2D eigenvalue weighted by Gasteiger charge is -2.35. The van der Waals surface area contributed by atoms with Gasteiger partial charge in [0, 0.05) is 59.8 Å². The second kappa shape index (κ2) is 15.3. The summed E-state index contributed by atoms with van der Waals surface area (Å²) in [5.41, 5.74) is 14.6. The molecular weight excluding hydrogens is 942 g/mol. The van der Waals surface area contributed by atoms with Crippen LogP contribution in [0.4, 0.5) is 0 Å². The fourth-order valence-corrected chi connectivity index (χ4v) is 13.9. The number of fused-ring (bicyclic) bond motifs is 21. The van der Waals surface area contributed by atoms with Gasteiger partial charge in [-0.05, 0) is 131 Å². The third-order valence-corrected chi connectivity index (χ3v) is 17.4. The Balaban J connectivity index is 1.17. The minimum Gasteiger partial charge on any atom is -0.310 e. The Bertz CT molecular complexity index is 5800. The normalized spacial score (nSPS) is 15.0. The summed E-state index contributed by atoms with van der Waals surface area (Å²) in [4.78, 5) is 0. The average Bonchev–Trinajstić information content (AvgIpc) is 1.44. The number of hydrogen-bond donors (Lipinski definition) is 0. The van der Waals surface area contributed by atoms with Crippen molar-refractivity contribution in [3.05, 3.63) is 229 Å². The van der Waals surface area contributed by atoms with Crippen molar-refractivity contribution in [1.29, 1.82) is 0 Å². The second-order valence-corrected chi connectivity index (χ2v) is 23.7. The highest BCUT2D eigenvalue weighted by atomic mass is 15.0. The van der Waals surface area contributed by atoms with Gasteiger partial charge in [-0.2, -0.15) is 0 Å². The molecule has 0 spiro atoms. The number of benzene rings is 11. The molecule has 11 aromatic carbocycles. The molecule has 0 amide bonds. The number of para-hydroxylation sites is 2. The fourth-order valence-electron chi connectivity index (χ4n) is 13.9. The van der Waals surface area contributed by atoms with Crippen molar-refractivity contribution in [3.8, 4) is 33.6 Å². The van der Waals surface area contributed by atoms with Crippen molar-refractivity contribution in [2.24, 2.45) is 0 Å². The lowest BCUT2D eigenvalue weighted by atomic mass is 9.34. The predicted octanol–water partition coefficient (Wildman–Crippen LogP) is 17.5. The summed E-state index contributed by atoms with van der Waals surface area (Å²) in [6.45, 7) is 13.0. The zero-order valence-electron chi connectivity index (χ0n) is 53.9. The smallest absolute Gasteiger partial charge is 0.252 e. The van der Waals surface area contributed by atoms with Crippen molar-refractivity contribution in [2.45, 2.75) is 52.4 Å². The van der Waals surface area contributed by atoms with Crippen LogP contribution in [0.2, 0.25) is 0 Å².